The Hall–Kier alpha value is -1.69. The normalized spacial score (nSPS) is 9.73. The molecule has 0 radical (unpaired) electrons. The van der Waals surface area contributed by atoms with Gasteiger partial charge in [-0.3, -0.25) is 10.1 Å². The van der Waals surface area contributed by atoms with Gasteiger partial charge in [-0.15, -0.1) is 0 Å². The SMILES string of the molecule is Cc1cc(NC(N)=S)c([N+](=O)[O-])cc1C. The van der Waals surface area contributed by atoms with Gasteiger partial charge < -0.3 is 11.1 Å². The largest absolute Gasteiger partial charge is 0.376 e. The molecular formula is C9H11N3O2S. The second kappa shape index (κ2) is 4.22. The van der Waals surface area contributed by atoms with Crippen LogP contribution in [0.2, 0.25) is 0 Å². The van der Waals surface area contributed by atoms with E-state index in [4.69, 9.17) is 5.73 Å². The third-order valence-corrected chi connectivity index (χ3v) is 2.17. The van der Waals surface area contributed by atoms with E-state index in [1.54, 1.807) is 6.07 Å². The monoisotopic (exact) mass is 225 g/mol. The molecule has 0 saturated heterocycles. The molecule has 0 unspecified atom stereocenters. The van der Waals surface area contributed by atoms with Crippen molar-refractivity contribution in [3.8, 4) is 0 Å². The molecule has 0 saturated carbocycles. The minimum Gasteiger partial charge on any atom is -0.376 e. The molecule has 0 aromatic heterocycles. The summed E-state index contributed by atoms with van der Waals surface area (Å²) in [5, 5.41) is 13.4. The van der Waals surface area contributed by atoms with E-state index in [1.165, 1.54) is 6.07 Å². The van der Waals surface area contributed by atoms with Crippen LogP contribution in [-0.4, -0.2) is 10.0 Å². The molecule has 15 heavy (non-hydrogen) atoms. The fourth-order valence-electron chi connectivity index (χ4n) is 1.18. The van der Waals surface area contributed by atoms with E-state index >= 15 is 0 Å². The Kier molecular flexibility index (Phi) is 3.21. The number of nitrogens with two attached hydrogens (primary N) is 1. The standard InChI is InChI=1S/C9H11N3O2S/c1-5-3-7(11-9(10)15)8(12(13)14)4-6(5)2/h3-4H,1-2H3,(H3,10,11,15). The van der Waals surface area contributed by atoms with Crippen molar-refractivity contribution in [3.05, 3.63) is 33.4 Å². The van der Waals surface area contributed by atoms with Crippen LogP contribution in [0, 0.1) is 24.0 Å². The number of hydrogen-bond donors (Lipinski definition) is 2. The highest BCUT2D eigenvalue weighted by Gasteiger charge is 2.15. The van der Waals surface area contributed by atoms with E-state index in [0.717, 1.165) is 11.1 Å². The summed E-state index contributed by atoms with van der Waals surface area (Å²) in [7, 11) is 0. The predicted octanol–water partition coefficient (Wildman–Crippen LogP) is 1.87. The van der Waals surface area contributed by atoms with E-state index in [9.17, 15) is 10.1 Å². The Labute approximate surface area is 92.4 Å². The Bertz CT molecular complexity index is 432. The molecule has 0 aliphatic heterocycles. The van der Waals surface area contributed by atoms with Crippen LogP contribution in [0.4, 0.5) is 11.4 Å². The van der Waals surface area contributed by atoms with Gasteiger partial charge in [-0.05, 0) is 43.3 Å². The zero-order valence-electron chi connectivity index (χ0n) is 8.40. The Morgan fingerprint density at radius 3 is 2.47 bits per heavy atom. The molecule has 5 nitrogen and oxygen atoms in total. The lowest BCUT2D eigenvalue weighted by Crippen LogP contribution is -2.19. The number of thiocarbonyl (C=S) groups is 1. The molecule has 0 amide bonds. The van der Waals surface area contributed by atoms with Crippen molar-refractivity contribution in [2.24, 2.45) is 5.73 Å². The van der Waals surface area contributed by atoms with Gasteiger partial charge in [-0.1, -0.05) is 0 Å². The number of nitro benzene ring substituents is 1. The van der Waals surface area contributed by atoms with Crippen molar-refractivity contribution in [1.29, 1.82) is 0 Å². The minimum absolute atomic E-state index is 0.0151. The number of benzene rings is 1. The molecule has 3 N–H and O–H groups in total. The van der Waals surface area contributed by atoms with Crippen LogP contribution in [0.5, 0.6) is 0 Å². The van der Waals surface area contributed by atoms with Crippen molar-refractivity contribution in [1.82, 2.24) is 0 Å². The molecule has 1 aromatic carbocycles. The van der Waals surface area contributed by atoms with Gasteiger partial charge in [0.2, 0.25) is 0 Å². The van der Waals surface area contributed by atoms with E-state index in [0.29, 0.717) is 5.69 Å². The van der Waals surface area contributed by atoms with E-state index in [-0.39, 0.29) is 10.8 Å². The fraction of sp³-hybridized carbons (Fsp3) is 0.222. The number of aryl methyl sites for hydroxylation is 2. The van der Waals surface area contributed by atoms with Crippen molar-refractivity contribution in [2.45, 2.75) is 13.8 Å². The second-order valence-corrected chi connectivity index (χ2v) is 3.64. The zero-order valence-corrected chi connectivity index (χ0v) is 9.22. The topological polar surface area (TPSA) is 81.2 Å². The van der Waals surface area contributed by atoms with Gasteiger partial charge in [-0.2, -0.15) is 0 Å². The maximum Gasteiger partial charge on any atom is 0.293 e. The maximum absolute atomic E-state index is 10.7. The van der Waals surface area contributed by atoms with Crippen LogP contribution in [0.15, 0.2) is 12.1 Å². The molecule has 0 spiro atoms. The Morgan fingerprint density at radius 1 is 1.47 bits per heavy atom. The highest BCUT2D eigenvalue weighted by Crippen LogP contribution is 2.27. The van der Waals surface area contributed by atoms with Gasteiger partial charge in [0, 0.05) is 6.07 Å². The molecule has 0 atom stereocenters. The van der Waals surface area contributed by atoms with Crippen molar-refractivity contribution >= 4 is 28.7 Å². The molecule has 0 aliphatic carbocycles. The average Bonchev–Trinajstić information content (AvgIpc) is 2.09. The summed E-state index contributed by atoms with van der Waals surface area (Å²) in [5.41, 5.74) is 7.39. The molecule has 0 heterocycles. The van der Waals surface area contributed by atoms with Crippen LogP contribution >= 0.6 is 12.2 Å². The Morgan fingerprint density at radius 2 is 2.00 bits per heavy atom. The summed E-state index contributed by atoms with van der Waals surface area (Å²) >= 11 is 4.64. The highest BCUT2D eigenvalue weighted by atomic mass is 32.1. The minimum atomic E-state index is -0.465. The maximum atomic E-state index is 10.7. The number of nitrogens with zero attached hydrogens (tertiary/aromatic N) is 1. The molecule has 6 heteroatoms. The molecular weight excluding hydrogens is 214 g/mol. The highest BCUT2D eigenvalue weighted by molar-refractivity contribution is 7.80. The van der Waals surface area contributed by atoms with Crippen molar-refractivity contribution in [3.63, 3.8) is 0 Å². The van der Waals surface area contributed by atoms with Gasteiger partial charge in [0.15, 0.2) is 5.11 Å². The number of nitrogens with one attached hydrogen (secondary N) is 1. The third kappa shape index (κ3) is 2.63. The van der Waals surface area contributed by atoms with Crippen LogP contribution in [0.25, 0.3) is 0 Å². The van der Waals surface area contributed by atoms with Crippen molar-refractivity contribution < 1.29 is 4.92 Å². The lowest BCUT2D eigenvalue weighted by atomic mass is 10.1. The molecule has 0 bridgehead atoms. The van der Waals surface area contributed by atoms with Gasteiger partial charge in [0.05, 0.1) is 4.92 Å². The molecule has 1 rings (SSSR count). The molecule has 1 aromatic rings. The average molecular weight is 225 g/mol. The molecule has 80 valence electrons. The smallest absolute Gasteiger partial charge is 0.293 e. The first-order valence-corrected chi connectivity index (χ1v) is 4.64. The second-order valence-electron chi connectivity index (χ2n) is 3.20. The number of rotatable bonds is 2. The first-order valence-electron chi connectivity index (χ1n) is 4.24. The Balaban J connectivity index is 3.28. The fourth-order valence-corrected chi connectivity index (χ4v) is 1.29. The van der Waals surface area contributed by atoms with Gasteiger partial charge in [0.25, 0.3) is 5.69 Å². The van der Waals surface area contributed by atoms with Crippen LogP contribution in [0.1, 0.15) is 11.1 Å². The summed E-state index contributed by atoms with van der Waals surface area (Å²) in [6, 6.07) is 3.16. The van der Waals surface area contributed by atoms with Crippen LogP contribution in [0.3, 0.4) is 0 Å². The number of anilines is 1. The lowest BCUT2D eigenvalue weighted by molar-refractivity contribution is -0.384. The third-order valence-electron chi connectivity index (χ3n) is 2.07. The van der Waals surface area contributed by atoms with Gasteiger partial charge in [0.1, 0.15) is 5.69 Å². The molecule has 0 aliphatic rings. The summed E-state index contributed by atoms with van der Waals surface area (Å²) in [6.07, 6.45) is 0. The predicted molar refractivity (Wildman–Crippen MR) is 63.0 cm³/mol. The summed E-state index contributed by atoms with van der Waals surface area (Å²) in [6.45, 7) is 3.68. The van der Waals surface area contributed by atoms with Crippen molar-refractivity contribution in [2.75, 3.05) is 5.32 Å². The van der Waals surface area contributed by atoms with Gasteiger partial charge in [-0.25, -0.2) is 0 Å². The van der Waals surface area contributed by atoms with Gasteiger partial charge >= 0.3 is 0 Å². The van der Waals surface area contributed by atoms with Crippen LogP contribution < -0.4 is 11.1 Å². The van der Waals surface area contributed by atoms with E-state index in [1.807, 2.05) is 13.8 Å². The first kappa shape index (κ1) is 11.4. The summed E-state index contributed by atoms with van der Waals surface area (Å²) in [4.78, 5) is 10.3. The lowest BCUT2D eigenvalue weighted by Gasteiger charge is -2.07. The van der Waals surface area contributed by atoms with Crippen LogP contribution in [-0.2, 0) is 0 Å². The summed E-state index contributed by atoms with van der Waals surface area (Å²) in [5.74, 6) is 0. The summed E-state index contributed by atoms with van der Waals surface area (Å²) < 4.78 is 0. The zero-order chi connectivity index (χ0) is 11.6. The van der Waals surface area contributed by atoms with E-state index < -0.39 is 4.92 Å². The molecule has 0 fully saturated rings. The number of hydrogen-bond acceptors (Lipinski definition) is 3. The number of nitro groups is 1. The first-order chi connectivity index (χ1) is 6.91. The van der Waals surface area contributed by atoms with E-state index in [2.05, 4.69) is 17.5 Å². The quantitative estimate of drug-likeness (QED) is 0.456.